The second-order valence-corrected chi connectivity index (χ2v) is 6.16. The maximum Gasteiger partial charge on any atom is 0.161 e. The summed E-state index contributed by atoms with van der Waals surface area (Å²) in [5.41, 5.74) is 0.862. The number of ether oxygens (including phenoxy) is 2. The van der Waals surface area contributed by atoms with E-state index in [1.54, 1.807) is 14.2 Å². The zero-order valence-corrected chi connectivity index (χ0v) is 14.9. The number of aliphatic hydroxyl groups is 1. The van der Waals surface area contributed by atoms with E-state index in [1.807, 2.05) is 12.1 Å². The van der Waals surface area contributed by atoms with Gasteiger partial charge in [0.25, 0.3) is 0 Å². The van der Waals surface area contributed by atoms with Gasteiger partial charge in [-0.1, -0.05) is 61.4 Å². The predicted molar refractivity (Wildman–Crippen MR) is 90.2 cm³/mol. The van der Waals surface area contributed by atoms with Crippen LogP contribution in [0.1, 0.15) is 63.5 Å². The van der Waals surface area contributed by atoms with Gasteiger partial charge in [0.15, 0.2) is 11.5 Å². The number of hydrogen-bond acceptors (Lipinski definition) is 3. The van der Waals surface area contributed by atoms with Crippen LogP contribution in [0, 0.1) is 0 Å². The van der Waals surface area contributed by atoms with E-state index >= 15 is 0 Å². The van der Waals surface area contributed by atoms with Gasteiger partial charge in [0.1, 0.15) is 0 Å². The van der Waals surface area contributed by atoms with Gasteiger partial charge in [0.2, 0.25) is 0 Å². The summed E-state index contributed by atoms with van der Waals surface area (Å²) in [4.78, 5) is 0. The minimum Gasteiger partial charge on any atom is -0.493 e. The topological polar surface area (TPSA) is 38.7 Å². The lowest BCUT2D eigenvalue weighted by molar-refractivity contribution is 0.162. The first-order valence-corrected chi connectivity index (χ1v) is 8.52. The second-order valence-electron chi connectivity index (χ2n) is 5.30. The Bertz CT molecular complexity index is 421. The lowest BCUT2D eigenvalue weighted by atomic mass is 10.0. The predicted octanol–water partition coefficient (Wildman–Crippen LogP) is 5.25. The lowest BCUT2D eigenvalue weighted by Gasteiger charge is -2.16. The molecule has 1 rings (SSSR count). The molecule has 0 amide bonds. The van der Waals surface area contributed by atoms with Crippen LogP contribution in [-0.4, -0.2) is 19.3 Å². The molecule has 0 saturated heterocycles. The van der Waals surface area contributed by atoms with Crippen LogP contribution in [0.15, 0.2) is 16.6 Å². The Labute approximate surface area is 136 Å². The average molecular weight is 359 g/mol. The highest BCUT2D eigenvalue weighted by Crippen LogP contribution is 2.37. The van der Waals surface area contributed by atoms with Crippen LogP contribution in [-0.2, 0) is 0 Å². The summed E-state index contributed by atoms with van der Waals surface area (Å²) in [6.07, 6.45) is 7.67. The third kappa shape index (κ3) is 5.87. The Morgan fingerprint density at radius 1 is 1.00 bits per heavy atom. The Balaban J connectivity index is 2.55. The molecule has 0 aliphatic carbocycles. The molecule has 1 unspecified atom stereocenters. The first kappa shape index (κ1) is 18.3. The average Bonchev–Trinajstić information content (AvgIpc) is 2.50. The van der Waals surface area contributed by atoms with Gasteiger partial charge in [-0.15, -0.1) is 0 Å². The molecule has 0 heterocycles. The van der Waals surface area contributed by atoms with Crippen molar-refractivity contribution in [3.8, 4) is 11.5 Å². The molecule has 0 bridgehead atoms. The number of aliphatic hydroxyl groups excluding tert-OH is 1. The summed E-state index contributed by atoms with van der Waals surface area (Å²) in [5.74, 6) is 1.32. The molecule has 120 valence electrons. The van der Waals surface area contributed by atoms with Gasteiger partial charge in [-0.3, -0.25) is 0 Å². The fourth-order valence-corrected chi connectivity index (χ4v) is 2.99. The molecular formula is C17H27BrO3. The van der Waals surface area contributed by atoms with Crippen LogP contribution in [0.5, 0.6) is 11.5 Å². The van der Waals surface area contributed by atoms with E-state index < -0.39 is 6.10 Å². The molecule has 1 N–H and O–H groups in total. The molecule has 4 heteroatoms. The summed E-state index contributed by atoms with van der Waals surface area (Å²) in [6, 6.07) is 3.70. The molecule has 0 radical (unpaired) electrons. The van der Waals surface area contributed by atoms with Crippen molar-refractivity contribution in [3.63, 3.8) is 0 Å². The molecule has 1 aromatic rings. The minimum atomic E-state index is -0.467. The fraction of sp³-hybridized carbons (Fsp3) is 0.647. The van der Waals surface area contributed by atoms with Gasteiger partial charge in [0.05, 0.1) is 20.3 Å². The second kappa shape index (κ2) is 10.1. The number of rotatable bonds is 10. The summed E-state index contributed by atoms with van der Waals surface area (Å²) < 4.78 is 11.4. The molecule has 0 aromatic heterocycles. The normalized spacial score (nSPS) is 12.2. The van der Waals surface area contributed by atoms with Gasteiger partial charge in [-0.05, 0) is 24.1 Å². The monoisotopic (exact) mass is 358 g/mol. The van der Waals surface area contributed by atoms with Crippen LogP contribution in [0.4, 0.5) is 0 Å². The molecule has 0 fully saturated rings. The van der Waals surface area contributed by atoms with Crippen LogP contribution in [0.3, 0.4) is 0 Å². The van der Waals surface area contributed by atoms with Crippen LogP contribution in [0.25, 0.3) is 0 Å². The van der Waals surface area contributed by atoms with Crippen molar-refractivity contribution in [2.45, 2.75) is 58.0 Å². The standard InChI is InChI=1S/C17H27BrO3/c1-4-5-6-7-8-9-10-15(19)13-11-16(20-2)17(21-3)12-14(13)18/h11-12,15,19H,4-10H2,1-3H3. The van der Waals surface area contributed by atoms with E-state index in [0.29, 0.717) is 11.5 Å². The summed E-state index contributed by atoms with van der Waals surface area (Å²) >= 11 is 3.50. The number of hydrogen-bond donors (Lipinski definition) is 1. The van der Waals surface area contributed by atoms with Crippen molar-refractivity contribution < 1.29 is 14.6 Å². The van der Waals surface area contributed by atoms with E-state index in [0.717, 1.165) is 22.9 Å². The van der Waals surface area contributed by atoms with Crippen LogP contribution in [0.2, 0.25) is 0 Å². The maximum atomic E-state index is 10.4. The third-order valence-corrected chi connectivity index (χ3v) is 4.38. The molecule has 1 aromatic carbocycles. The highest BCUT2D eigenvalue weighted by atomic mass is 79.9. The Kier molecular flexibility index (Phi) is 8.77. The van der Waals surface area contributed by atoms with Crippen LogP contribution < -0.4 is 9.47 Å². The first-order chi connectivity index (χ1) is 10.1. The van der Waals surface area contributed by atoms with E-state index in [4.69, 9.17) is 9.47 Å². The molecular weight excluding hydrogens is 332 g/mol. The molecule has 0 saturated carbocycles. The van der Waals surface area contributed by atoms with Crippen molar-refractivity contribution in [1.29, 1.82) is 0 Å². The molecule has 0 aliphatic rings. The smallest absolute Gasteiger partial charge is 0.161 e. The van der Waals surface area contributed by atoms with Crippen LogP contribution >= 0.6 is 15.9 Å². The van der Waals surface area contributed by atoms with E-state index in [9.17, 15) is 5.11 Å². The number of benzene rings is 1. The van der Waals surface area contributed by atoms with Crippen molar-refractivity contribution in [2.24, 2.45) is 0 Å². The largest absolute Gasteiger partial charge is 0.493 e. The van der Waals surface area contributed by atoms with Gasteiger partial charge >= 0.3 is 0 Å². The number of halogens is 1. The maximum absolute atomic E-state index is 10.4. The number of methoxy groups -OCH3 is 2. The van der Waals surface area contributed by atoms with Crippen molar-refractivity contribution in [2.75, 3.05) is 14.2 Å². The molecule has 0 spiro atoms. The lowest BCUT2D eigenvalue weighted by Crippen LogP contribution is -2.01. The van der Waals surface area contributed by atoms with Gasteiger partial charge in [0, 0.05) is 4.47 Å². The van der Waals surface area contributed by atoms with Gasteiger partial charge < -0.3 is 14.6 Å². The van der Waals surface area contributed by atoms with Crippen molar-refractivity contribution in [3.05, 3.63) is 22.2 Å². The van der Waals surface area contributed by atoms with Gasteiger partial charge in [-0.25, -0.2) is 0 Å². The SMILES string of the molecule is CCCCCCCCC(O)c1cc(OC)c(OC)cc1Br. The van der Waals surface area contributed by atoms with Crippen molar-refractivity contribution >= 4 is 15.9 Å². The molecule has 1 atom stereocenters. The van der Waals surface area contributed by atoms with E-state index in [1.165, 1.54) is 32.1 Å². The Morgan fingerprint density at radius 3 is 2.19 bits per heavy atom. The zero-order valence-electron chi connectivity index (χ0n) is 13.3. The molecule has 0 aliphatic heterocycles. The molecule has 3 nitrogen and oxygen atoms in total. The Hall–Kier alpha value is -0.740. The van der Waals surface area contributed by atoms with E-state index in [-0.39, 0.29) is 0 Å². The fourth-order valence-electron chi connectivity index (χ4n) is 2.40. The summed E-state index contributed by atoms with van der Waals surface area (Å²) in [6.45, 7) is 2.22. The summed E-state index contributed by atoms with van der Waals surface area (Å²) in [5, 5.41) is 10.4. The van der Waals surface area contributed by atoms with E-state index in [2.05, 4.69) is 22.9 Å². The van der Waals surface area contributed by atoms with Crippen molar-refractivity contribution in [1.82, 2.24) is 0 Å². The first-order valence-electron chi connectivity index (χ1n) is 7.73. The highest BCUT2D eigenvalue weighted by Gasteiger charge is 2.15. The van der Waals surface area contributed by atoms with Gasteiger partial charge in [-0.2, -0.15) is 0 Å². The Morgan fingerprint density at radius 2 is 1.57 bits per heavy atom. The third-order valence-electron chi connectivity index (χ3n) is 3.69. The zero-order chi connectivity index (χ0) is 15.7. The highest BCUT2D eigenvalue weighted by molar-refractivity contribution is 9.10. The quantitative estimate of drug-likeness (QED) is 0.580. The summed E-state index contributed by atoms with van der Waals surface area (Å²) in [7, 11) is 3.21. The molecule has 21 heavy (non-hydrogen) atoms. The number of unbranched alkanes of at least 4 members (excludes halogenated alkanes) is 5. The minimum absolute atomic E-state index is 0.467.